The second-order valence-corrected chi connectivity index (χ2v) is 7.89. The van der Waals surface area contributed by atoms with Crippen LogP contribution in [-0.2, 0) is 12.8 Å². The lowest BCUT2D eigenvalue weighted by Crippen LogP contribution is -2.59. The van der Waals surface area contributed by atoms with E-state index in [9.17, 15) is 9.90 Å². The van der Waals surface area contributed by atoms with Crippen LogP contribution in [-0.4, -0.2) is 60.0 Å². The third-order valence-corrected chi connectivity index (χ3v) is 6.27. The molecule has 6 heteroatoms. The molecule has 2 atom stereocenters. The minimum atomic E-state index is -1.31. The highest BCUT2D eigenvalue weighted by molar-refractivity contribution is 5.79. The summed E-state index contributed by atoms with van der Waals surface area (Å²) in [6, 6.07) is 15.5. The van der Waals surface area contributed by atoms with Crippen LogP contribution in [0.1, 0.15) is 25.0 Å². The van der Waals surface area contributed by atoms with Gasteiger partial charge in [0.1, 0.15) is 0 Å². The van der Waals surface area contributed by atoms with Gasteiger partial charge in [0.25, 0.3) is 0 Å². The number of urea groups is 1. The number of carbonyl (C=O) groups excluding carboxylic acids is 1. The molecule has 1 fully saturated rings. The summed E-state index contributed by atoms with van der Waals surface area (Å²) in [5.41, 5.74) is 0.0242. The van der Waals surface area contributed by atoms with Gasteiger partial charge in [-0.2, -0.15) is 0 Å². The van der Waals surface area contributed by atoms with E-state index in [1.807, 2.05) is 55.5 Å². The molecule has 29 heavy (non-hydrogen) atoms. The van der Waals surface area contributed by atoms with E-state index in [-0.39, 0.29) is 6.03 Å². The Balaban J connectivity index is 1.80. The zero-order chi connectivity index (χ0) is 21.2. The number of carbonyl (C=O) groups is 1. The Kier molecular flexibility index (Phi) is 5.75. The standard InChI is InChI=1S/C23H30N2O4/c1-22(16-18-9-7-6-8-10-18)23(2,27)25(21(26)24(22)3)14-13-17-11-12-19(28-4)20(15-17)29-5/h6-12,15,27H,13-14,16H2,1-5H3. The van der Waals surface area contributed by atoms with E-state index in [2.05, 4.69) is 0 Å². The van der Waals surface area contributed by atoms with E-state index in [0.29, 0.717) is 30.9 Å². The molecule has 1 heterocycles. The monoisotopic (exact) mass is 398 g/mol. The molecule has 0 aliphatic carbocycles. The Morgan fingerprint density at radius 3 is 2.24 bits per heavy atom. The molecular weight excluding hydrogens is 368 g/mol. The number of amides is 2. The van der Waals surface area contributed by atoms with Gasteiger partial charge in [-0.25, -0.2) is 4.79 Å². The number of nitrogens with zero attached hydrogens (tertiary/aromatic N) is 2. The number of methoxy groups -OCH3 is 2. The van der Waals surface area contributed by atoms with Gasteiger partial charge in [-0.15, -0.1) is 0 Å². The molecular formula is C23H30N2O4. The normalized spacial score (nSPS) is 24.1. The van der Waals surface area contributed by atoms with Crippen molar-refractivity contribution >= 4 is 6.03 Å². The molecule has 1 N–H and O–H groups in total. The summed E-state index contributed by atoms with van der Waals surface area (Å²) in [6.07, 6.45) is 1.16. The molecule has 2 aromatic carbocycles. The molecule has 1 saturated heterocycles. The SMILES string of the molecule is COc1ccc(CCN2C(=O)N(C)C(C)(Cc3ccccc3)C2(C)O)cc1OC. The van der Waals surface area contributed by atoms with E-state index in [1.54, 1.807) is 38.0 Å². The van der Waals surface area contributed by atoms with Crippen LogP contribution in [0.15, 0.2) is 48.5 Å². The van der Waals surface area contributed by atoms with Crippen LogP contribution in [0.4, 0.5) is 4.79 Å². The third-order valence-electron chi connectivity index (χ3n) is 6.27. The molecule has 0 spiro atoms. The number of ether oxygens (including phenoxy) is 2. The molecule has 0 aromatic heterocycles. The van der Waals surface area contributed by atoms with E-state index >= 15 is 0 Å². The molecule has 0 bridgehead atoms. The Morgan fingerprint density at radius 2 is 1.62 bits per heavy atom. The second-order valence-electron chi connectivity index (χ2n) is 7.89. The fourth-order valence-corrected chi connectivity index (χ4v) is 4.06. The molecule has 156 valence electrons. The summed E-state index contributed by atoms with van der Waals surface area (Å²) >= 11 is 0. The van der Waals surface area contributed by atoms with E-state index in [4.69, 9.17) is 9.47 Å². The Hall–Kier alpha value is -2.73. The lowest BCUT2D eigenvalue weighted by atomic mass is 9.83. The van der Waals surface area contributed by atoms with Gasteiger partial charge in [0.15, 0.2) is 17.2 Å². The van der Waals surface area contributed by atoms with Gasteiger partial charge < -0.3 is 19.5 Å². The summed E-state index contributed by atoms with van der Waals surface area (Å²) in [6.45, 7) is 4.07. The largest absolute Gasteiger partial charge is 0.493 e. The summed E-state index contributed by atoms with van der Waals surface area (Å²) < 4.78 is 10.6. The Labute approximate surface area is 172 Å². The maximum atomic E-state index is 13.0. The molecule has 2 aromatic rings. The van der Waals surface area contributed by atoms with Crippen LogP contribution in [0, 0.1) is 0 Å². The first kappa shape index (κ1) is 21.0. The fraction of sp³-hybridized carbons (Fsp3) is 0.435. The predicted molar refractivity (Wildman–Crippen MR) is 112 cm³/mol. The smallest absolute Gasteiger partial charge is 0.322 e. The highest BCUT2D eigenvalue weighted by Gasteiger charge is 2.59. The van der Waals surface area contributed by atoms with Crippen LogP contribution in [0.25, 0.3) is 0 Å². The first-order valence-corrected chi connectivity index (χ1v) is 9.77. The fourth-order valence-electron chi connectivity index (χ4n) is 4.06. The van der Waals surface area contributed by atoms with E-state index < -0.39 is 11.3 Å². The number of aliphatic hydroxyl groups is 1. The lowest BCUT2D eigenvalue weighted by molar-refractivity contribution is -0.108. The molecule has 2 unspecified atom stereocenters. The van der Waals surface area contributed by atoms with Gasteiger partial charge in [-0.1, -0.05) is 36.4 Å². The van der Waals surface area contributed by atoms with Crippen molar-refractivity contribution in [2.45, 2.75) is 38.0 Å². The van der Waals surface area contributed by atoms with Crippen molar-refractivity contribution in [2.75, 3.05) is 27.8 Å². The second kappa shape index (κ2) is 7.95. The van der Waals surface area contributed by atoms with Crippen molar-refractivity contribution < 1.29 is 19.4 Å². The van der Waals surface area contributed by atoms with Gasteiger partial charge in [0.05, 0.1) is 19.8 Å². The average molecular weight is 399 g/mol. The number of rotatable bonds is 7. The quantitative estimate of drug-likeness (QED) is 0.777. The minimum Gasteiger partial charge on any atom is -0.493 e. The molecule has 6 nitrogen and oxygen atoms in total. The van der Waals surface area contributed by atoms with Gasteiger partial charge in [0, 0.05) is 20.0 Å². The molecule has 0 saturated carbocycles. The number of benzene rings is 2. The molecule has 1 aliphatic heterocycles. The minimum absolute atomic E-state index is 0.172. The average Bonchev–Trinajstić information content (AvgIpc) is 2.84. The van der Waals surface area contributed by atoms with E-state index in [0.717, 1.165) is 11.1 Å². The van der Waals surface area contributed by atoms with Crippen LogP contribution >= 0.6 is 0 Å². The zero-order valence-corrected chi connectivity index (χ0v) is 17.8. The van der Waals surface area contributed by atoms with Crippen LogP contribution < -0.4 is 9.47 Å². The number of likely N-dealkylation sites (N-methyl/N-ethyl adjacent to an activating group) is 1. The Morgan fingerprint density at radius 1 is 0.966 bits per heavy atom. The van der Waals surface area contributed by atoms with Crippen molar-refractivity contribution in [1.29, 1.82) is 0 Å². The number of hydrogen-bond acceptors (Lipinski definition) is 4. The molecule has 0 radical (unpaired) electrons. The topological polar surface area (TPSA) is 62.2 Å². The van der Waals surface area contributed by atoms with Crippen LogP contribution in [0.5, 0.6) is 11.5 Å². The lowest BCUT2D eigenvalue weighted by Gasteiger charge is -2.42. The summed E-state index contributed by atoms with van der Waals surface area (Å²) in [5.74, 6) is 1.31. The maximum Gasteiger partial charge on any atom is 0.322 e. The van der Waals surface area contributed by atoms with Gasteiger partial charge >= 0.3 is 6.03 Å². The van der Waals surface area contributed by atoms with Gasteiger partial charge in [-0.05, 0) is 43.5 Å². The van der Waals surface area contributed by atoms with Crippen molar-refractivity contribution in [3.8, 4) is 11.5 Å². The van der Waals surface area contributed by atoms with Crippen molar-refractivity contribution in [3.63, 3.8) is 0 Å². The molecule has 1 aliphatic rings. The van der Waals surface area contributed by atoms with Gasteiger partial charge in [0.2, 0.25) is 0 Å². The maximum absolute atomic E-state index is 13.0. The van der Waals surface area contributed by atoms with Crippen LogP contribution in [0.3, 0.4) is 0 Å². The summed E-state index contributed by atoms with van der Waals surface area (Å²) in [7, 11) is 4.96. The molecule has 3 rings (SSSR count). The van der Waals surface area contributed by atoms with Crippen molar-refractivity contribution in [2.24, 2.45) is 0 Å². The third kappa shape index (κ3) is 3.65. The zero-order valence-electron chi connectivity index (χ0n) is 17.8. The number of hydrogen-bond donors (Lipinski definition) is 1. The Bertz CT molecular complexity index is 868. The molecule has 2 amide bonds. The first-order valence-electron chi connectivity index (χ1n) is 9.77. The van der Waals surface area contributed by atoms with E-state index in [1.165, 1.54) is 0 Å². The van der Waals surface area contributed by atoms with Crippen molar-refractivity contribution in [1.82, 2.24) is 9.80 Å². The van der Waals surface area contributed by atoms with Crippen LogP contribution in [0.2, 0.25) is 0 Å². The van der Waals surface area contributed by atoms with Gasteiger partial charge in [-0.3, -0.25) is 4.90 Å². The first-order chi connectivity index (χ1) is 13.7. The summed E-state index contributed by atoms with van der Waals surface area (Å²) in [5, 5.41) is 11.5. The predicted octanol–water partition coefficient (Wildman–Crippen LogP) is 3.32. The highest BCUT2D eigenvalue weighted by atomic mass is 16.5. The summed E-state index contributed by atoms with van der Waals surface area (Å²) in [4.78, 5) is 16.2. The highest BCUT2D eigenvalue weighted by Crippen LogP contribution is 2.41. The van der Waals surface area contributed by atoms with Crippen molar-refractivity contribution in [3.05, 3.63) is 59.7 Å².